The van der Waals surface area contributed by atoms with E-state index in [-0.39, 0.29) is 22.8 Å². The maximum absolute atomic E-state index is 12.8. The monoisotopic (exact) mass is 431 g/mol. The quantitative estimate of drug-likeness (QED) is 0.638. The van der Waals surface area contributed by atoms with Crippen molar-refractivity contribution >= 4 is 27.3 Å². The van der Waals surface area contributed by atoms with Gasteiger partial charge in [-0.2, -0.15) is 0 Å². The fourth-order valence-corrected chi connectivity index (χ4v) is 4.30. The minimum Gasteiger partial charge on any atom is -0.326 e. The van der Waals surface area contributed by atoms with Gasteiger partial charge in [0.1, 0.15) is 0 Å². The van der Waals surface area contributed by atoms with E-state index in [0.717, 1.165) is 15.4 Å². The second kappa shape index (κ2) is 7.69. The van der Waals surface area contributed by atoms with Crippen LogP contribution in [0, 0.1) is 27.7 Å². The number of aromatic amines is 1. The molecule has 0 radical (unpaired) electrons. The van der Waals surface area contributed by atoms with Gasteiger partial charge in [0, 0.05) is 42.8 Å². The molecule has 0 unspecified atom stereocenters. The summed E-state index contributed by atoms with van der Waals surface area (Å²) in [5.74, 6) is -0.307. The predicted octanol–water partition coefficient (Wildman–Crippen LogP) is 1.69. The minimum absolute atomic E-state index is 0.0317. The van der Waals surface area contributed by atoms with Crippen LogP contribution in [0.1, 0.15) is 28.1 Å². The van der Waals surface area contributed by atoms with E-state index >= 15 is 0 Å². The first-order valence-corrected chi connectivity index (χ1v) is 10.8. The summed E-state index contributed by atoms with van der Waals surface area (Å²) in [4.78, 5) is 28.9. The van der Waals surface area contributed by atoms with Gasteiger partial charge in [0.15, 0.2) is 5.65 Å². The second-order valence-corrected chi connectivity index (χ2v) is 9.65. The number of hydrogen-bond donors (Lipinski definition) is 2. The Morgan fingerprint density at radius 3 is 2.47 bits per heavy atom. The zero-order chi connectivity index (χ0) is 22.4. The molecule has 0 bridgehead atoms. The van der Waals surface area contributed by atoms with Crippen molar-refractivity contribution in [3.05, 3.63) is 56.6 Å². The van der Waals surface area contributed by atoms with Crippen molar-refractivity contribution in [2.24, 2.45) is 0 Å². The molecule has 1 aromatic carbocycles. The second-order valence-electron chi connectivity index (χ2n) is 7.50. The maximum atomic E-state index is 12.8. The number of nitrogens with one attached hydrogen (secondary N) is 2. The fourth-order valence-electron chi connectivity index (χ4n) is 3.28. The Balaban J connectivity index is 1.95. The summed E-state index contributed by atoms with van der Waals surface area (Å²) in [6.45, 7) is 7.21. The van der Waals surface area contributed by atoms with Crippen molar-refractivity contribution in [2.75, 3.05) is 19.4 Å². The van der Waals surface area contributed by atoms with Crippen LogP contribution in [0.5, 0.6) is 0 Å². The molecule has 0 aliphatic carbocycles. The molecule has 10 heteroatoms. The molecule has 0 aliphatic rings. The first kappa shape index (κ1) is 21.7. The minimum atomic E-state index is -3.63. The van der Waals surface area contributed by atoms with Gasteiger partial charge in [-0.25, -0.2) is 22.2 Å². The number of aryl methyl sites for hydroxylation is 3. The lowest BCUT2D eigenvalue weighted by molar-refractivity contribution is -0.115. The number of benzene rings is 1. The number of H-pyrrole nitrogens is 1. The van der Waals surface area contributed by atoms with E-state index in [0.29, 0.717) is 28.3 Å². The molecule has 0 saturated carbocycles. The normalized spacial score (nSPS) is 12.0. The van der Waals surface area contributed by atoms with Crippen molar-refractivity contribution in [3.63, 3.8) is 0 Å². The number of sulfonamides is 1. The van der Waals surface area contributed by atoms with Crippen LogP contribution in [-0.4, -0.2) is 47.3 Å². The first-order chi connectivity index (χ1) is 13.9. The lowest BCUT2D eigenvalue weighted by atomic mass is 10.1. The third-order valence-corrected chi connectivity index (χ3v) is 7.03. The van der Waals surface area contributed by atoms with Crippen LogP contribution < -0.4 is 10.9 Å². The highest BCUT2D eigenvalue weighted by atomic mass is 32.2. The molecule has 30 heavy (non-hydrogen) atoms. The Hall–Kier alpha value is -2.98. The van der Waals surface area contributed by atoms with Gasteiger partial charge in [-0.1, -0.05) is 0 Å². The number of hydrogen-bond acceptors (Lipinski definition) is 5. The van der Waals surface area contributed by atoms with Gasteiger partial charge in [-0.3, -0.25) is 14.7 Å². The Labute approximate surface area is 174 Å². The number of aromatic nitrogens is 3. The fraction of sp³-hybridized carbons (Fsp3) is 0.350. The van der Waals surface area contributed by atoms with Crippen molar-refractivity contribution in [2.45, 2.75) is 39.0 Å². The van der Waals surface area contributed by atoms with Crippen molar-refractivity contribution in [1.82, 2.24) is 18.9 Å². The molecular weight excluding hydrogens is 406 g/mol. The molecule has 0 aliphatic heterocycles. The molecule has 0 saturated heterocycles. The van der Waals surface area contributed by atoms with Gasteiger partial charge in [-0.15, -0.1) is 0 Å². The summed E-state index contributed by atoms with van der Waals surface area (Å²) in [6.07, 6.45) is 0.0317. The molecule has 160 valence electrons. The molecule has 0 spiro atoms. The Bertz CT molecular complexity index is 1320. The van der Waals surface area contributed by atoms with Gasteiger partial charge in [0.05, 0.1) is 11.3 Å². The molecule has 0 fully saturated rings. The van der Waals surface area contributed by atoms with Crippen molar-refractivity contribution < 1.29 is 13.2 Å². The molecule has 2 heterocycles. The summed E-state index contributed by atoms with van der Waals surface area (Å²) in [7, 11) is -0.711. The third kappa shape index (κ3) is 3.88. The largest absolute Gasteiger partial charge is 0.326 e. The summed E-state index contributed by atoms with van der Waals surface area (Å²) in [6, 6.07) is 4.46. The molecule has 3 aromatic rings. The van der Waals surface area contributed by atoms with Crippen LogP contribution in [0.15, 0.2) is 27.9 Å². The highest BCUT2D eigenvalue weighted by Crippen LogP contribution is 2.26. The Kier molecular flexibility index (Phi) is 5.57. The number of fused-ring (bicyclic) bond motifs is 1. The molecular formula is C20H25N5O4S. The van der Waals surface area contributed by atoms with Gasteiger partial charge in [0.2, 0.25) is 15.9 Å². The topological polar surface area (TPSA) is 117 Å². The Morgan fingerprint density at radius 2 is 1.83 bits per heavy atom. The van der Waals surface area contributed by atoms with E-state index in [2.05, 4.69) is 15.4 Å². The van der Waals surface area contributed by atoms with Crippen LogP contribution >= 0.6 is 0 Å². The predicted molar refractivity (Wildman–Crippen MR) is 114 cm³/mol. The summed E-state index contributed by atoms with van der Waals surface area (Å²) in [5.41, 5.74) is 4.28. The van der Waals surface area contributed by atoms with E-state index in [1.807, 2.05) is 6.92 Å². The van der Waals surface area contributed by atoms with E-state index < -0.39 is 10.0 Å². The highest BCUT2D eigenvalue weighted by molar-refractivity contribution is 7.89. The van der Waals surface area contributed by atoms with Gasteiger partial charge in [0.25, 0.3) is 5.56 Å². The molecule has 1 amide bonds. The van der Waals surface area contributed by atoms with Crippen molar-refractivity contribution in [3.8, 4) is 0 Å². The summed E-state index contributed by atoms with van der Waals surface area (Å²) in [5, 5.41) is 5.49. The number of amides is 1. The highest BCUT2D eigenvalue weighted by Gasteiger charge is 2.21. The van der Waals surface area contributed by atoms with Gasteiger partial charge >= 0.3 is 0 Å². The molecule has 9 nitrogen and oxygen atoms in total. The Morgan fingerprint density at radius 1 is 1.17 bits per heavy atom. The van der Waals surface area contributed by atoms with E-state index in [4.69, 9.17) is 0 Å². The average Bonchev–Trinajstić information content (AvgIpc) is 3.02. The molecule has 2 aromatic heterocycles. The summed E-state index contributed by atoms with van der Waals surface area (Å²) < 4.78 is 27.7. The first-order valence-electron chi connectivity index (χ1n) is 9.33. The number of anilines is 1. The number of nitrogens with zero attached hydrogens (tertiary/aromatic N) is 3. The summed E-state index contributed by atoms with van der Waals surface area (Å²) >= 11 is 0. The van der Waals surface area contributed by atoms with Gasteiger partial charge in [-0.05, 0) is 51.0 Å². The maximum Gasteiger partial charge on any atom is 0.266 e. The molecule has 0 atom stereocenters. The zero-order valence-electron chi connectivity index (χ0n) is 17.8. The number of carbonyl (C=O) groups excluding carboxylic acids is 1. The lowest BCUT2D eigenvalue weighted by Crippen LogP contribution is -2.23. The van der Waals surface area contributed by atoms with Crippen LogP contribution in [0.3, 0.4) is 0 Å². The third-order valence-electron chi connectivity index (χ3n) is 5.23. The zero-order valence-corrected chi connectivity index (χ0v) is 18.6. The number of rotatable bonds is 5. The molecule has 3 rings (SSSR count). The van der Waals surface area contributed by atoms with Gasteiger partial charge < -0.3 is 5.32 Å². The average molecular weight is 432 g/mol. The van der Waals surface area contributed by atoms with E-state index in [1.54, 1.807) is 31.4 Å². The SMILES string of the molecule is Cc1cc(S(=O)(=O)N(C)C)cc(NC(=O)Cc2c(C)nc3cc(=O)[nH]n3c2C)c1C. The molecule has 2 N–H and O–H groups in total. The standard InChI is InChI=1S/C20H25N5O4S/c1-11-7-15(30(28,29)24(5)6)8-17(12(11)2)22-19(26)9-16-13(3)21-18-10-20(27)23-25(18)14(16)4/h7-8,10H,9H2,1-6H3,(H,22,26)(H,23,27). The van der Waals surface area contributed by atoms with Crippen molar-refractivity contribution in [1.29, 1.82) is 0 Å². The smallest absolute Gasteiger partial charge is 0.266 e. The van der Waals surface area contributed by atoms with Crippen LogP contribution in [0.4, 0.5) is 5.69 Å². The number of carbonyl (C=O) groups is 1. The van der Waals surface area contributed by atoms with E-state index in [9.17, 15) is 18.0 Å². The van der Waals surface area contributed by atoms with E-state index in [1.165, 1.54) is 26.2 Å². The van der Waals surface area contributed by atoms with Crippen LogP contribution in [-0.2, 0) is 21.2 Å². The van der Waals surface area contributed by atoms with Crippen LogP contribution in [0.2, 0.25) is 0 Å². The lowest BCUT2D eigenvalue weighted by Gasteiger charge is -2.17. The van der Waals surface area contributed by atoms with Crippen LogP contribution in [0.25, 0.3) is 5.65 Å².